The fourth-order valence-electron chi connectivity index (χ4n) is 9.22. The molecule has 4 heterocycles. The molecule has 6 heteroatoms. The molecular weight excluding hydrogens is 765 g/mol. The third-order valence-corrected chi connectivity index (χ3v) is 13.6. The molecule has 3 aromatic heterocycles. The van der Waals surface area contributed by atoms with E-state index in [4.69, 9.17) is 9.72 Å². The lowest BCUT2D eigenvalue weighted by Gasteiger charge is -2.33. The summed E-state index contributed by atoms with van der Waals surface area (Å²) in [7, 11) is 0. The third kappa shape index (κ3) is 6.63. The van der Waals surface area contributed by atoms with Gasteiger partial charge in [0.2, 0.25) is 0 Å². The molecule has 0 amide bonds. The normalized spacial score (nSPS) is 13.6. The average molecular weight is 819 g/mol. The van der Waals surface area contributed by atoms with E-state index in [2.05, 4.69) is 211 Å². The Morgan fingerprint density at radius 3 is 2.03 bits per heavy atom. The summed E-state index contributed by atoms with van der Waals surface area (Å²) < 4.78 is 11.8. The number of hydrogen-bond acceptors (Lipinski definition) is 5. The van der Waals surface area contributed by atoms with Gasteiger partial charge in [0, 0.05) is 60.6 Å². The van der Waals surface area contributed by atoms with Crippen LogP contribution >= 0.6 is 11.3 Å². The molecule has 5 nitrogen and oxygen atoms in total. The van der Waals surface area contributed by atoms with Crippen molar-refractivity contribution in [1.82, 2.24) is 9.55 Å². The van der Waals surface area contributed by atoms with Crippen LogP contribution in [0.15, 0.2) is 134 Å². The monoisotopic (exact) mass is 818 g/mol. The number of aryl methyl sites for hydroxylation is 1. The maximum atomic E-state index is 6.85. The van der Waals surface area contributed by atoms with Crippen molar-refractivity contribution in [3.63, 3.8) is 0 Å². The highest BCUT2D eigenvalue weighted by Gasteiger charge is 2.34. The Morgan fingerprint density at radius 2 is 1.28 bits per heavy atom. The highest BCUT2D eigenvalue weighted by Crippen LogP contribution is 2.50. The second kappa shape index (κ2) is 14.0. The molecule has 1 aliphatic heterocycles. The number of hydrogen-bond donors (Lipinski definition) is 0. The van der Waals surface area contributed by atoms with Crippen molar-refractivity contribution in [2.75, 3.05) is 16.5 Å². The first-order valence-electron chi connectivity index (χ1n) is 21.5. The van der Waals surface area contributed by atoms with Gasteiger partial charge in [-0.1, -0.05) is 117 Å². The number of benzene rings is 6. The van der Waals surface area contributed by atoms with E-state index in [1.165, 1.54) is 75.8 Å². The Kier molecular flexibility index (Phi) is 8.94. The lowest BCUT2D eigenvalue weighted by Crippen LogP contribution is -2.28. The zero-order valence-electron chi connectivity index (χ0n) is 37.0. The highest BCUT2D eigenvalue weighted by molar-refractivity contribution is 7.26. The van der Waals surface area contributed by atoms with Crippen molar-refractivity contribution in [1.29, 1.82) is 0 Å². The quantitative estimate of drug-likeness (QED) is 0.173. The molecule has 0 unspecified atom stereocenters. The van der Waals surface area contributed by atoms with E-state index in [-0.39, 0.29) is 16.2 Å². The summed E-state index contributed by atoms with van der Waals surface area (Å²) >= 11 is 1.85. The summed E-state index contributed by atoms with van der Waals surface area (Å²) in [6, 6.07) is 46.4. The molecule has 10 rings (SSSR count). The molecule has 0 saturated heterocycles. The minimum Gasteiger partial charge on any atom is -0.457 e. The van der Waals surface area contributed by atoms with E-state index >= 15 is 0 Å². The van der Waals surface area contributed by atoms with Gasteiger partial charge < -0.3 is 14.5 Å². The molecule has 306 valence electrons. The summed E-state index contributed by atoms with van der Waals surface area (Å²) in [5.41, 5.74) is 12.3. The average Bonchev–Trinajstić information content (AvgIpc) is 3.89. The minimum atomic E-state index is -0.0424. The van der Waals surface area contributed by atoms with Crippen molar-refractivity contribution in [3.8, 4) is 17.3 Å². The molecule has 0 aliphatic carbocycles. The van der Waals surface area contributed by atoms with Gasteiger partial charge in [0.1, 0.15) is 24.0 Å². The Morgan fingerprint density at radius 1 is 0.574 bits per heavy atom. The molecular formula is C55H54N4OS. The van der Waals surface area contributed by atoms with Crippen molar-refractivity contribution in [2.24, 2.45) is 0 Å². The van der Waals surface area contributed by atoms with E-state index in [1.54, 1.807) is 0 Å². The van der Waals surface area contributed by atoms with Crippen LogP contribution in [-0.2, 0) is 16.2 Å². The number of rotatable bonds is 5. The first-order chi connectivity index (χ1) is 29.0. The number of para-hydroxylation sites is 2. The molecule has 0 fully saturated rings. The van der Waals surface area contributed by atoms with E-state index in [1.807, 2.05) is 17.5 Å². The number of pyridine rings is 1. The van der Waals surface area contributed by atoms with E-state index in [9.17, 15) is 0 Å². The Bertz CT molecular complexity index is 3190. The zero-order chi connectivity index (χ0) is 42.6. The summed E-state index contributed by atoms with van der Waals surface area (Å²) in [5.74, 6) is 2.47. The van der Waals surface area contributed by atoms with Crippen LogP contribution in [0.1, 0.15) is 84.6 Å². The second-order valence-corrected chi connectivity index (χ2v) is 21.0. The van der Waals surface area contributed by atoms with E-state index in [0.29, 0.717) is 6.67 Å². The number of anilines is 4. The smallest absolute Gasteiger partial charge is 0.137 e. The predicted octanol–water partition coefficient (Wildman–Crippen LogP) is 15.8. The first kappa shape index (κ1) is 39.1. The molecule has 6 aromatic carbocycles. The number of thiophene rings is 1. The van der Waals surface area contributed by atoms with Crippen LogP contribution in [0.25, 0.3) is 47.8 Å². The first-order valence-corrected chi connectivity index (χ1v) is 22.3. The van der Waals surface area contributed by atoms with Crippen LogP contribution in [0.5, 0.6) is 11.5 Å². The molecule has 0 bridgehead atoms. The Balaban J connectivity index is 1.07. The summed E-state index contributed by atoms with van der Waals surface area (Å²) in [4.78, 5) is 9.96. The van der Waals surface area contributed by atoms with Gasteiger partial charge in [0.25, 0.3) is 0 Å². The number of nitrogens with zero attached hydrogens (tertiary/aromatic N) is 4. The maximum Gasteiger partial charge on any atom is 0.137 e. The number of fused-ring (bicyclic) bond motifs is 8. The van der Waals surface area contributed by atoms with E-state index in [0.717, 1.165) is 28.5 Å². The topological polar surface area (TPSA) is 33.5 Å². The molecule has 0 N–H and O–H groups in total. The van der Waals surface area contributed by atoms with Gasteiger partial charge in [0.05, 0.1) is 22.4 Å². The van der Waals surface area contributed by atoms with Gasteiger partial charge >= 0.3 is 0 Å². The van der Waals surface area contributed by atoms with Crippen molar-refractivity contribution >= 4 is 76.1 Å². The van der Waals surface area contributed by atoms with Crippen molar-refractivity contribution < 1.29 is 4.74 Å². The van der Waals surface area contributed by atoms with Crippen LogP contribution < -0.4 is 14.5 Å². The lowest BCUT2D eigenvalue weighted by atomic mass is 9.78. The van der Waals surface area contributed by atoms with Crippen molar-refractivity contribution in [2.45, 2.75) is 85.5 Å². The SMILES string of the molecule is Cc1cc(C(C)(C)C)cc(C(C)(C)C)c1N1CN(c2cccc(Oc3ccc4c5ccc6sc7ccccc7c6c5n(-c5cc(C(C)(C)C)ccn5)c4c3)c2)c2ccccc21. The Labute approximate surface area is 363 Å². The summed E-state index contributed by atoms with van der Waals surface area (Å²) in [6.07, 6.45) is 1.95. The van der Waals surface area contributed by atoms with Crippen molar-refractivity contribution in [3.05, 3.63) is 156 Å². The van der Waals surface area contributed by atoms with Crippen LogP contribution in [-0.4, -0.2) is 16.2 Å². The van der Waals surface area contributed by atoms with E-state index < -0.39 is 0 Å². The van der Waals surface area contributed by atoms with Gasteiger partial charge in [-0.3, -0.25) is 4.57 Å². The second-order valence-electron chi connectivity index (χ2n) is 19.9. The lowest BCUT2D eigenvalue weighted by molar-refractivity contribution is 0.483. The van der Waals surface area contributed by atoms with Crippen LogP contribution in [0.4, 0.5) is 22.7 Å². The van der Waals surface area contributed by atoms with Crippen LogP contribution in [0, 0.1) is 6.92 Å². The predicted molar refractivity (Wildman–Crippen MR) is 261 cm³/mol. The molecule has 0 saturated carbocycles. The molecule has 0 radical (unpaired) electrons. The number of ether oxygens (including phenoxy) is 1. The third-order valence-electron chi connectivity index (χ3n) is 12.4. The molecule has 0 spiro atoms. The van der Waals surface area contributed by atoms with Gasteiger partial charge in [-0.05, 0) is 106 Å². The Hall–Kier alpha value is -6.11. The fourth-order valence-corrected chi connectivity index (χ4v) is 10.3. The van der Waals surface area contributed by atoms with Gasteiger partial charge in [-0.2, -0.15) is 0 Å². The summed E-state index contributed by atoms with van der Waals surface area (Å²) in [5, 5.41) is 4.91. The standard InChI is InChI=1S/C55H54N4OS/c1-34-28-36(54(5,6)7)29-43(55(8,9)10)51(34)58-33-57(44-19-12-13-20-45(44)58)37-16-15-17-38(31-37)60-39-22-23-40-41-24-25-48-50(42-18-11-14-21-47(42)61-48)52(41)59(46(40)32-39)49-30-35(26-27-56-49)53(2,3)4/h11-32H,33H2,1-10H3. The zero-order valence-corrected chi connectivity index (χ0v) is 37.8. The summed E-state index contributed by atoms with van der Waals surface area (Å²) in [6.45, 7) is 23.7. The molecule has 0 atom stereocenters. The van der Waals surface area contributed by atoms with Crippen LogP contribution in [0.3, 0.4) is 0 Å². The molecule has 1 aliphatic rings. The fraction of sp³-hybridized carbons (Fsp3) is 0.255. The van der Waals surface area contributed by atoms with Crippen LogP contribution in [0.2, 0.25) is 0 Å². The van der Waals surface area contributed by atoms with Gasteiger partial charge in [0.15, 0.2) is 0 Å². The number of aromatic nitrogens is 2. The highest BCUT2D eigenvalue weighted by atomic mass is 32.1. The van der Waals surface area contributed by atoms with Gasteiger partial charge in [-0.15, -0.1) is 11.3 Å². The molecule has 61 heavy (non-hydrogen) atoms. The largest absolute Gasteiger partial charge is 0.457 e. The maximum absolute atomic E-state index is 6.85. The molecule has 9 aromatic rings. The van der Waals surface area contributed by atoms with Gasteiger partial charge in [-0.25, -0.2) is 4.98 Å². The minimum absolute atomic E-state index is 0.0301.